The summed E-state index contributed by atoms with van der Waals surface area (Å²) in [6, 6.07) is -0.651. The first-order valence-corrected chi connectivity index (χ1v) is 26.2. The Morgan fingerprint density at radius 3 is 1.11 bits per heavy atom. The highest BCUT2D eigenvalue weighted by molar-refractivity contribution is 5.76. The molecule has 0 spiro atoms. The molecular weight excluding hydrogens is 771 g/mol. The summed E-state index contributed by atoms with van der Waals surface area (Å²) in [6.45, 7) is 4.15. The summed E-state index contributed by atoms with van der Waals surface area (Å²) in [6.07, 6.45) is 82.0. The predicted molar refractivity (Wildman–Crippen MR) is 280 cm³/mol. The van der Waals surface area contributed by atoms with E-state index in [1.165, 1.54) is 122 Å². The average Bonchev–Trinajstić information content (AvgIpc) is 3.29. The van der Waals surface area contributed by atoms with Gasteiger partial charge in [-0.1, -0.05) is 238 Å². The van der Waals surface area contributed by atoms with Crippen LogP contribution < -0.4 is 5.32 Å². The van der Waals surface area contributed by atoms with Crippen LogP contribution in [0.3, 0.4) is 0 Å². The normalized spacial score (nSPS) is 13.9. The van der Waals surface area contributed by atoms with E-state index < -0.39 is 12.1 Å². The summed E-state index contributed by atoms with van der Waals surface area (Å²) in [5.74, 6) is -0.0833. The highest BCUT2D eigenvalue weighted by Crippen LogP contribution is 2.15. The molecule has 0 aromatic heterocycles. The maximum absolute atomic E-state index is 12.4. The zero-order chi connectivity index (χ0) is 45.6. The second-order valence-electron chi connectivity index (χ2n) is 17.2. The minimum atomic E-state index is -0.875. The monoisotopic (exact) mass is 870 g/mol. The Morgan fingerprint density at radius 1 is 0.397 bits per heavy atom. The van der Waals surface area contributed by atoms with E-state index in [9.17, 15) is 15.0 Å². The number of allylic oxidation sites excluding steroid dienone is 19. The lowest BCUT2D eigenvalue weighted by Gasteiger charge is -2.19. The lowest BCUT2D eigenvalue weighted by molar-refractivity contribution is -0.123. The Bertz CT molecular complexity index is 1260. The third-order valence-corrected chi connectivity index (χ3v) is 11.2. The standard InChI is InChI=1S/C59H99NO3/c1-3-5-7-9-11-13-15-17-19-20-21-22-23-24-25-26-27-28-29-30-31-32-33-34-35-36-37-38-39-40-41-43-45-47-49-51-53-55-59(63)60-57(56-61)58(62)54-52-50-48-46-44-42-18-16-14-12-10-8-6-4-2/h5,7,11,13-14,16-17,19,21-22,24-25,27-28,30-31,44,46,52,54,57-58,61-62H,3-4,6,8-10,12,15,18,20,23,26,29,32-43,45,47-51,53,55-56H2,1-2H3,(H,60,63)/b7-5-,13-11-,16-14+,19-17-,22-21-,25-24-,28-27-,31-30-,46-44+,54-52+. The van der Waals surface area contributed by atoms with Gasteiger partial charge < -0.3 is 15.5 Å². The third-order valence-electron chi connectivity index (χ3n) is 11.2. The number of nitrogens with one attached hydrogen (secondary N) is 1. The van der Waals surface area contributed by atoms with Crippen molar-refractivity contribution in [1.29, 1.82) is 0 Å². The Balaban J connectivity index is 3.56. The topological polar surface area (TPSA) is 69.6 Å². The Kier molecular flexibility index (Phi) is 50.4. The maximum Gasteiger partial charge on any atom is 0.220 e. The average molecular weight is 870 g/mol. The summed E-state index contributed by atoms with van der Waals surface area (Å²) in [7, 11) is 0. The van der Waals surface area contributed by atoms with Gasteiger partial charge in [-0.3, -0.25) is 4.79 Å². The number of aliphatic hydroxyl groups is 2. The quantitative estimate of drug-likeness (QED) is 0.0422. The molecular formula is C59H99NO3. The van der Waals surface area contributed by atoms with E-state index in [4.69, 9.17) is 0 Å². The van der Waals surface area contributed by atoms with Crippen molar-refractivity contribution in [2.45, 2.75) is 238 Å². The van der Waals surface area contributed by atoms with E-state index in [0.29, 0.717) is 6.42 Å². The smallest absolute Gasteiger partial charge is 0.220 e. The first-order valence-electron chi connectivity index (χ1n) is 26.2. The highest BCUT2D eigenvalue weighted by Gasteiger charge is 2.17. The van der Waals surface area contributed by atoms with Crippen molar-refractivity contribution >= 4 is 5.91 Å². The molecule has 0 heterocycles. The molecule has 0 aliphatic rings. The lowest BCUT2D eigenvalue weighted by atomic mass is 10.0. The Hall–Kier alpha value is -3.21. The highest BCUT2D eigenvalue weighted by atomic mass is 16.3. The van der Waals surface area contributed by atoms with Gasteiger partial charge >= 0.3 is 0 Å². The number of hydrogen-bond acceptors (Lipinski definition) is 3. The van der Waals surface area contributed by atoms with Crippen LogP contribution >= 0.6 is 0 Å². The van der Waals surface area contributed by atoms with Gasteiger partial charge in [-0.25, -0.2) is 0 Å². The van der Waals surface area contributed by atoms with Crippen molar-refractivity contribution in [3.8, 4) is 0 Å². The van der Waals surface area contributed by atoms with Crippen molar-refractivity contribution in [2.24, 2.45) is 0 Å². The number of aliphatic hydroxyl groups excluding tert-OH is 2. The molecule has 2 atom stereocenters. The van der Waals surface area contributed by atoms with Gasteiger partial charge in [-0.15, -0.1) is 0 Å². The van der Waals surface area contributed by atoms with E-state index in [-0.39, 0.29) is 12.5 Å². The Morgan fingerprint density at radius 2 is 0.714 bits per heavy atom. The molecule has 0 aliphatic carbocycles. The van der Waals surface area contributed by atoms with Crippen molar-refractivity contribution in [3.63, 3.8) is 0 Å². The van der Waals surface area contributed by atoms with Crippen LogP contribution in [-0.4, -0.2) is 34.9 Å². The van der Waals surface area contributed by atoms with Crippen molar-refractivity contribution in [2.75, 3.05) is 6.61 Å². The second-order valence-corrected chi connectivity index (χ2v) is 17.2. The summed E-state index contributed by atoms with van der Waals surface area (Å²) in [4.78, 5) is 12.4. The fourth-order valence-electron chi connectivity index (χ4n) is 7.19. The predicted octanol–water partition coefficient (Wildman–Crippen LogP) is 17.3. The van der Waals surface area contributed by atoms with E-state index in [1.807, 2.05) is 6.08 Å². The largest absolute Gasteiger partial charge is 0.394 e. The van der Waals surface area contributed by atoms with Crippen molar-refractivity contribution in [1.82, 2.24) is 5.32 Å². The molecule has 0 rings (SSSR count). The molecule has 4 nitrogen and oxygen atoms in total. The van der Waals surface area contributed by atoms with Gasteiger partial charge in [0.1, 0.15) is 0 Å². The van der Waals surface area contributed by atoms with E-state index in [1.54, 1.807) is 6.08 Å². The molecule has 0 fully saturated rings. The molecule has 0 saturated carbocycles. The Labute approximate surface area is 390 Å². The third kappa shape index (κ3) is 49.7. The van der Waals surface area contributed by atoms with Crippen LogP contribution in [0.1, 0.15) is 226 Å². The van der Waals surface area contributed by atoms with E-state index >= 15 is 0 Å². The number of hydrogen-bond donors (Lipinski definition) is 3. The summed E-state index contributed by atoms with van der Waals surface area (Å²) in [5, 5.41) is 23.0. The van der Waals surface area contributed by atoms with Crippen LogP contribution in [0.4, 0.5) is 0 Å². The van der Waals surface area contributed by atoms with E-state index in [0.717, 1.165) is 83.5 Å². The number of carbonyl (C=O) groups excluding carboxylic acids is 1. The van der Waals surface area contributed by atoms with Gasteiger partial charge in [0.25, 0.3) is 0 Å². The molecule has 358 valence electrons. The zero-order valence-electron chi connectivity index (χ0n) is 41.0. The molecule has 0 aliphatic heterocycles. The summed E-state index contributed by atoms with van der Waals surface area (Å²) in [5.41, 5.74) is 0. The van der Waals surface area contributed by atoms with Gasteiger partial charge in [-0.05, 0) is 103 Å². The first kappa shape index (κ1) is 59.8. The van der Waals surface area contributed by atoms with Gasteiger partial charge in [0.05, 0.1) is 18.8 Å². The van der Waals surface area contributed by atoms with Gasteiger partial charge in [0, 0.05) is 6.42 Å². The summed E-state index contributed by atoms with van der Waals surface area (Å²) >= 11 is 0. The molecule has 2 unspecified atom stereocenters. The van der Waals surface area contributed by atoms with Crippen LogP contribution in [0, 0.1) is 0 Å². The fraction of sp³-hybridized carbons (Fsp3) is 0.644. The zero-order valence-corrected chi connectivity index (χ0v) is 41.0. The van der Waals surface area contributed by atoms with Crippen LogP contribution in [-0.2, 0) is 4.79 Å². The SMILES string of the molecule is CC/C=C\C/C=C\C/C=C\C/C=C\C/C=C\C/C=C\C/C=C\CCCCCCCCCCCCCCCCCC(=O)NC(CO)C(O)/C=C/CC/C=C/CC/C=C/CCCCCC. The van der Waals surface area contributed by atoms with Crippen LogP contribution in [0.5, 0.6) is 0 Å². The van der Waals surface area contributed by atoms with Crippen LogP contribution in [0.25, 0.3) is 0 Å². The summed E-state index contributed by atoms with van der Waals surface area (Å²) < 4.78 is 0. The van der Waals surface area contributed by atoms with E-state index in [2.05, 4.69) is 129 Å². The first-order chi connectivity index (χ1) is 31.2. The van der Waals surface area contributed by atoms with Gasteiger partial charge in [-0.2, -0.15) is 0 Å². The maximum atomic E-state index is 12.4. The molecule has 3 N–H and O–H groups in total. The number of amides is 1. The number of unbranched alkanes of at least 4 members (excludes halogenated alkanes) is 21. The van der Waals surface area contributed by atoms with Crippen LogP contribution in [0.2, 0.25) is 0 Å². The molecule has 63 heavy (non-hydrogen) atoms. The lowest BCUT2D eigenvalue weighted by Crippen LogP contribution is -2.45. The second kappa shape index (κ2) is 53.1. The fourth-order valence-corrected chi connectivity index (χ4v) is 7.19. The van der Waals surface area contributed by atoms with Crippen LogP contribution in [0.15, 0.2) is 122 Å². The minimum Gasteiger partial charge on any atom is -0.394 e. The molecule has 1 amide bonds. The van der Waals surface area contributed by atoms with Gasteiger partial charge in [0.15, 0.2) is 0 Å². The van der Waals surface area contributed by atoms with Crippen molar-refractivity contribution in [3.05, 3.63) is 122 Å². The molecule has 0 bridgehead atoms. The number of rotatable bonds is 46. The number of carbonyl (C=O) groups is 1. The molecule has 0 aromatic rings. The molecule has 0 saturated heterocycles. The molecule has 4 heteroatoms. The van der Waals surface area contributed by atoms with Gasteiger partial charge in [0.2, 0.25) is 5.91 Å². The molecule has 0 aromatic carbocycles. The van der Waals surface area contributed by atoms with Crippen molar-refractivity contribution < 1.29 is 15.0 Å². The molecule has 0 radical (unpaired) electrons. The minimum absolute atomic E-state index is 0.0833.